The summed E-state index contributed by atoms with van der Waals surface area (Å²) in [5.74, 6) is 1.40. The predicted octanol–water partition coefficient (Wildman–Crippen LogP) is 3.53. The third-order valence-corrected chi connectivity index (χ3v) is 4.14. The first-order chi connectivity index (χ1) is 14.6. The van der Waals surface area contributed by atoms with Crippen molar-refractivity contribution in [3.63, 3.8) is 0 Å². The molecule has 1 heterocycles. The monoisotopic (exact) mass is 404 g/mol. The van der Waals surface area contributed by atoms with E-state index < -0.39 is 0 Å². The lowest BCUT2D eigenvalue weighted by Crippen LogP contribution is -2.13. The Labute approximate surface area is 173 Å². The van der Waals surface area contributed by atoms with Gasteiger partial charge >= 0.3 is 0 Å². The van der Waals surface area contributed by atoms with Crippen molar-refractivity contribution >= 4 is 11.6 Å². The molecule has 0 bridgehead atoms. The number of phenols is 1. The van der Waals surface area contributed by atoms with Gasteiger partial charge in [0.05, 0.1) is 43.4 Å². The number of phenolic OH excluding ortho intramolecular Hbond substituents is 1. The van der Waals surface area contributed by atoms with Gasteiger partial charge in [0, 0.05) is 18.1 Å². The number of carbonyl (C=O) groups excluding carboxylic acids is 1. The number of benzene rings is 2. The largest absolute Gasteiger partial charge is 0.508 e. The molecule has 30 heavy (non-hydrogen) atoms. The molecule has 0 saturated heterocycles. The third kappa shape index (κ3) is 5.45. The normalized spacial score (nSPS) is 10.1. The van der Waals surface area contributed by atoms with Gasteiger partial charge < -0.3 is 19.9 Å². The van der Waals surface area contributed by atoms with Crippen LogP contribution in [-0.4, -0.2) is 34.7 Å². The molecule has 3 rings (SSSR count). The smallest absolute Gasteiger partial charge is 0.224 e. The number of amides is 1. The molecule has 0 saturated carbocycles. The Kier molecular flexibility index (Phi) is 6.79. The van der Waals surface area contributed by atoms with Crippen LogP contribution in [0.4, 0.5) is 5.69 Å². The fourth-order valence-corrected chi connectivity index (χ4v) is 2.68. The van der Waals surface area contributed by atoms with Crippen molar-refractivity contribution in [1.29, 1.82) is 5.26 Å². The Morgan fingerprint density at radius 1 is 1.17 bits per heavy atom. The Morgan fingerprint density at radius 2 is 1.97 bits per heavy atom. The standard InChI is InChI=1S/C22H20N4O4/c1-29-20-10-15(12-23)7-8-19(20)30-9-3-6-21(28)26-17-13-24-22(25-14-17)16-4-2-5-18(27)11-16/h2,4-5,7-8,10-11,13-14,27H,3,6,9H2,1H3,(H,26,28). The minimum absolute atomic E-state index is 0.134. The summed E-state index contributed by atoms with van der Waals surface area (Å²) >= 11 is 0. The molecule has 2 aromatic carbocycles. The second kappa shape index (κ2) is 9.89. The van der Waals surface area contributed by atoms with Crippen LogP contribution in [0.1, 0.15) is 18.4 Å². The van der Waals surface area contributed by atoms with Crippen LogP contribution >= 0.6 is 0 Å². The van der Waals surface area contributed by atoms with Crippen molar-refractivity contribution in [2.24, 2.45) is 0 Å². The van der Waals surface area contributed by atoms with Crippen molar-refractivity contribution < 1.29 is 19.4 Å². The van der Waals surface area contributed by atoms with Crippen LogP contribution in [0.15, 0.2) is 54.9 Å². The summed E-state index contributed by atoms with van der Waals surface area (Å²) in [5.41, 5.74) is 1.65. The number of nitrogens with zero attached hydrogens (tertiary/aromatic N) is 3. The first-order valence-electron chi connectivity index (χ1n) is 9.21. The number of hydrogen-bond donors (Lipinski definition) is 2. The van der Waals surface area contributed by atoms with Gasteiger partial charge in [-0.25, -0.2) is 9.97 Å². The number of nitrogens with one attached hydrogen (secondary N) is 1. The molecule has 0 spiro atoms. The second-order valence-corrected chi connectivity index (χ2v) is 6.32. The Morgan fingerprint density at radius 3 is 2.67 bits per heavy atom. The summed E-state index contributed by atoms with van der Waals surface area (Å²) in [4.78, 5) is 20.5. The molecule has 8 heteroatoms. The van der Waals surface area contributed by atoms with Crippen molar-refractivity contribution in [2.45, 2.75) is 12.8 Å². The number of ether oxygens (including phenoxy) is 2. The maximum atomic E-state index is 12.1. The first-order valence-corrected chi connectivity index (χ1v) is 9.21. The lowest BCUT2D eigenvalue weighted by atomic mass is 10.2. The van der Waals surface area contributed by atoms with Crippen molar-refractivity contribution in [1.82, 2.24) is 9.97 Å². The fraction of sp³-hybridized carbons (Fsp3) is 0.182. The van der Waals surface area contributed by atoms with Gasteiger partial charge in [-0.15, -0.1) is 0 Å². The Bertz CT molecular complexity index is 1060. The molecule has 0 fully saturated rings. The van der Waals surface area contributed by atoms with Gasteiger partial charge in [-0.2, -0.15) is 5.26 Å². The molecular weight excluding hydrogens is 384 g/mol. The average molecular weight is 404 g/mol. The molecule has 0 aliphatic heterocycles. The van der Waals surface area contributed by atoms with Crippen molar-refractivity contribution in [2.75, 3.05) is 19.0 Å². The van der Waals surface area contributed by atoms with E-state index in [9.17, 15) is 9.90 Å². The lowest BCUT2D eigenvalue weighted by molar-refractivity contribution is -0.116. The number of methoxy groups -OCH3 is 1. The van der Waals surface area contributed by atoms with E-state index >= 15 is 0 Å². The summed E-state index contributed by atoms with van der Waals surface area (Å²) in [5, 5.41) is 21.2. The fourth-order valence-electron chi connectivity index (χ4n) is 2.68. The molecule has 0 aliphatic carbocycles. The molecule has 1 aromatic heterocycles. The van der Waals surface area contributed by atoms with Gasteiger partial charge in [0.25, 0.3) is 0 Å². The number of hydrogen-bond acceptors (Lipinski definition) is 7. The molecule has 2 N–H and O–H groups in total. The van der Waals surface area contributed by atoms with Crippen LogP contribution in [0.5, 0.6) is 17.2 Å². The quantitative estimate of drug-likeness (QED) is 0.552. The van der Waals surface area contributed by atoms with Gasteiger partial charge in [0.15, 0.2) is 17.3 Å². The minimum Gasteiger partial charge on any atom is -0.508 e. The Hall–Kier alpha value is -4.12. The highest BCUT2D eigenvalue weighted by atomic mass is 16.5. The van der Waals surface area contributed by atoms with Gasteiger partial charge in [0.2, 0.25) is 5.91 Å². The molecular formula is C22H20N4O4. The second-order valence-electron chi connectivity index (χ2n) is 6.32. The molecule has 0 unspecified atom stereocenters. The van der Waals surface area contributed by atoms with Crippen LogP contribution in [0.2, 0.25) is 0 Å². The number of aromatic nitrogens is 2. The van der Waals surface area contributed by atoms with Gasteiger partial charge in [0.1, 0.15) is 5.75 Å². The molecule has 1 amide bonds. The van der Waals surface area contributed by atoms with Crippen molar-refractivity contribution in [3.05, 3.63) is 60.4 Å². The molecule has 0 radical (unpaired) electrons. The minimum atomic E-state index is -0.181. The number of nitriles is 1. The molecule has 3 aromatic rings. The first kappa shape index (κ1) is 20.6. The molecule has 0 atom stereocenters. The number of aromatic hydroxyl groups is 1. The van der Waals surface area contributed by atoms with E-state index in [1.54, 1.807) is 42.5 Å². The third-order valence-electron chi connectivity index (χ3n) is 4.14. The van der Waals surface area contributed by atoms with E-state index in [-0.39, 0.29) is 18.1 Å². The van der Waals surface area contributed by atoms with Crippen LogP contribution in [0.3, 0.4) is 0 Å². The topological polar surface area (TPSA) is 117 Å². The maximum Gasteiger partial charge on any atom is 0.224 e. The van der Waals surface area contributed by atoms with Crippen LogP contribution in [-0.2, 0) is 4.79 Å². The zero-order valence-corrected chi connectivity index (χ0v) is 16.3. The van der Waals surface area contributed by atoms with Crippen LogP contribution in [0, 0.1) is 11.3 Å². The van der Waals surface area contributed by atoms with E-state index in [4.69, 9.17) is 14.7 Å². The average Bonchev–Trinajstić information content (AvgIpc) is 2.77. The summed E-state index contributed by atoms with van der Waals surface area (Å²) in [6, 6.07) is 13.6. The highest BCUT2D eigenvalue weighted by molar-refractivity contribution is 5.90. The van der Waals surface area contributed by atoms with Crippen LogP contribution in [0.25, 0.3) is 11.4 Å². The van der Waals surface area contributed by atoms with E-state index in [1.165, 1.54) is 19.5 Å². The Balaban J connectivity index is 1.47. The summed E-state index contributed by atoms with van der Waals surface area (Å²) in [6.45, 7) is 0.322. The number of carbonyl (C=O) groups is 1. The van der Waals surface area contributed by atoms with Gasteiger partial charge in [-0.1, -0.05) is 12.1 Å². The maximum absolute atomic E-state index is 12.1. The lowest BCUT2D eigenvalue weighted by Gasteiger charge is -2.11. The zero-order chi connectivity index (χ0) is 21.3. The van der Waals surface area contributed by atoms with Gasteiger partial charge in [-0.3, -0.25) is 4.79 Å². The summed E-state index contributed by atoms with van der Waals surface area (Å²) < 4.78 is 10.9. The molecule has 0 aliphatic rings. The van der Waals surface area contributed by atoms with Gasteiger partial charge in [-0.05, 0) is 30.7 Å². The molecule has 152 valence electrons. The van der Waals surface area contributed by atoms with E-state index in [0.29, 0.717) is 47.2 Å². The molecule has 8 nitrogen and oxygen atoms in total. The number of anilines is 1. The van der Waals surface area contributed by atoms with E-state index in [1.807, 2.05) is 6.07 Å². The van der Waals surface area contributed by atoms with Crippen LogP contribution < -0.4 is 14.8 Å². The SMILES string of the molecule is COc1cc(C#N)ccc1OCCCC(=O)Nc1cnc(-c2cccc(O)c2)nc1. The van der Waals surface area contributed by atoms with E-state index in [2.05, 4.69) is 15.3 Å². The highest BCUT2D eigenvalue weighted by Gasteiger charge is 2.08. The highest BCUT2D eigenvalue weighted by Crippen LogP contribution is 2.28. The number of rotatable bonds is 8. The van der Waals surface area contributed by atoms with E-state index in [0.717, 1.165) is 0 Å². The summed E-state index contributed by atoms with van der Waals surface area (Å²) in [7, 11) is 1.50. The zero-order valence-electron chi connectivity index (χ0n) is 16.3. The van der Waals surface area contributed by atoms with Crippen molar-refractivity contribution in [3.8, 4) is 34.7 Å². The predicted molar refractivity (Wildman–Crippen MR) is 110 cm³/mol. The summed E-state index contributed by atoms with van der Waals surface area (Å²) in [6.07, 6.45) is 3.79.